The maximum Gasteiger partial charge on any atom is 0.259 e. The lowest BCUT2D eigenvalue weighted by atomic mass is 9.90. The van der Waals surface area contributed by atoms with Crippen LogP contribution in [0.25, 0.3) is 0 Å². The molecular formula is C28H29ClN4O3. The van der Waals surface area contributed by atoms with E-state index in [9.17, 15) is 14.4 Å². The van der Waals surface area contributed by atoms with E-state index < -0.39 is 0 Å². The highest BCUT2D eigenvalue weighted by Crippen LogP contribution is 2.39. The van der Waals surface area contributed by atoms with Gasteiger partial charge < -0.3 is 15.1 Å². The Kier molecular flexibility index (Phi) is 7.70. The number of pyridine rings is 1. The van der Waals surface area contributed by atoms with E-state index in [1.165, 1.54) is 6.20 Å². The quantitative estimate of drug-likeness (QED) is 0.511. The monoisotopic (exact) mass is 504 g/mol. The van der Waals surface area contributed by atoms with Crippen LogP contribution in [0.5, 0.6) is 0 Å². The first-order valence-electron chi connectivity index (χ1n) is 11.9. The number of carbonyl (C=O) groups excluding carboxylic acids is 3. The number of rotatable bonds is 5. The van der Waals surface area contributed by atoms with Crippen LogP contribution in [0.1, 0.15) is 57.0 Å². The molecule has 0 spiro atoms. The molecule has 8 heteroatoms. The molecule has 0 aliphatic carbocycles. The molecule has 1 aliphatic rings. The van der Waals surface area contributed by atoms with Crippen molar-refractivity contribution in [1.29, 1.82) is 0 Å². The molecule has 0 bridgehead atoms. The van der Waals surface area contributed by atoms with E-state index in [1.54, 1.807) is 48.2 Å². The minimum Gasteiger partial charge on any atom is -0.349 e. The molecule has 0 saturated heterocycles. The molecule has 1 aromatic heterocycles. The van der Waals surface area contributed by atoms with Gasteiger partial charge in [0.1, 0.15) is 5.82 Å². The molecule has 3 amide bonds. The van der Waals surface area contributed by atoms with E-state index in [4.69, 9.17) is 11.6 Å². The molecule has 1 N–H and O–H groups in total. The number of hydrogen-bond acceptors (Lipinski definition) is 4. The first kappa shape index (κ1) is 25.4. The van der Waals surface area contributed by atoms with E-state index in [2.05, 4.69) is 10.3 Å². The van der Waals surface area contributed by atoms with Crippen LogP contribution in [-0.4, -0.2) is 48.2 Å². The van der Waals surface area contributed by atoms with Gasteiger partial charge in [0, 0.05) is 49.5 Å². The summed E-state index contributed by atoms with van der Waals surface area (Å²) in [6.07, 6.45) is 3.36. The minimum atomic E-state index is -0.253. The maximum atomic E-state index is 13.5. The number of nitrogens with one attached hydrogen (secondary N) is 1. The van der Waals surface area contributed by atoms with Gasteiger partial charge in [0.05, 0.1) is 5.56 Å². The second-order valence-corrected chi connectivity index (χ2v) is 9.63. The molecule has 0 fully saturated rings. The van der Waals surface area contributed by atoms with Gasteiger partial charge in [-0.15, -0.1) is 0 Å². The molecule has 36 heavy (non-hydrogen) atoms. The lowest BCUT2D eigenvalue weighted by Gasteiger charge is -2.25. The van der Waals surface area contributed by atoms with Crippen molar-refractivity contribution in [2.45, 2.75) is 32.1 Å². The van der Waals surface area contributed by atoms with Crippen LogP contribution in [0, 0.1) is 6.92 Å². The van der Waals surface area contributed by atoms with Crippen LogP contribution in [0.2, 0.25) is 5.02 Å². The van der Waals surface area contributed by atoms with Gasteiger partial charge in [-0.05, 0) is 73.2 Å². The number of anilines is 2. The number of amides is 3. The van der Waals surface area contributed by atoms with Gasteiger partial charge in [-0.3, -0.25) is 14.4 Å². The highest BCUT2D eigenvalue weighted by Gasteiger charge is 2.29. The Balaban J connectivity index is 1.55. The Bertz CT molecular complexity index is 1290. The fraction of sp³-hybridized carbons (Fsp3) is 0.286. The average Bonchev–Trinajstić information content (AvgIpc) is 3.03. The summed E-state index contributed by atoms with van der Waals surface area (Å²) >= 11 is 6.31. The zero-order valence-electron chi connectivity index (χ0n) is 20.6. The smallest absolute Gasteiger partial charge is 0.259 e. The van der Waals surface area contributed by atoms with Gasteiger partial charge in [0.15, 0.2) is 0 Å². The van der Waals surface area contributed by atoms with Crippen molar-refractivity contribution < 1.29 is 14.4 Å². The fourth-order valence-electron chi connectivity index (χ4n) is 4.45. The van der Waals surface area contributed by atoms with Crippen LogP contribution >= 0.6 is 11.6 Å². The van der Waals surface area contributed by atoms with Crippen molar-refractivity contribution in [3.05, 3.63) is 88.1 Å². The predicted molar refractivity (Wildman–Crippen MR) is 142 cm³/mol. The number of fused-ring (bicyclic) bond motifs is 1. The second-order valence-electron chi connectivity index (χ2n) is 9.19. The fourth-order valence-corrected chi connectivity index (χ4v) is 4.63. The molecule has 7 nitrogen and oxygen atoms in total. The third-order valence-corrected chi connectivity index (χ3v) is 6.70. The van der Waals surface area contributed by atoms with Gasteiger partial charge in [0.2, 0.25) is 5.91 Å². The molecule has 2 heterocycles. The van der Waals surface area contributed by atoms with Crippen molar-refractivity contribution in [1.82, 2.24) is 9.88 Å². The summed E-state index contributed by atoms with van der Waals surface area (Å²) < 4.78 is 0. The van der Waals surface area contributed by atoms with Gasteiger partial charge in [-0.1, -0.05) is 29.8 Å². The number of hydrogen-bond donors (Lipinski definition) is 1. The summed E-state index contributed by atoms with van der Waals surface area (Å²) in [5.41, 5.74) is 3.51. The summed E-state index contributed by atoms with van der Waals surface area (Å²) in [6, 6.07) is 16.1. The van der Waals surface area contributed by atoms with E-state index in [0.29, 0.717) is 34.9 Å². The maximum absolute atomic E-state index is 13.5. The Morgan fingerprint density at radius 2 is 1.89 bits per heavy atom. The number of carbonyl (C=O) groups is 3. The number of aryl methyl sites for hydroxylation is 1. The van der Waals surface area contributed by atoms with Gasteiger partial charge >= 0.3 is 0 Å². The normalized spacial score (nSPS) is 15.0. The van der Waals surface area contributed by atoms with E-state index in [0.717, 1.165) is 29.7 Å². The van der Waals surface area contributed by atoms with Crippen molar-refractivity contribution in [3.8, 4) is 0 Å². The Morgan fingerprint density at radius 1 is 1.11 bits per heavy atom. The molecule has 0 radical (unpaired) electrons. The summed E-state index contributed by atoms with van der Waals surface area (Å²) in [5, 5.41) is 3.35. The second kappa shape index (κ2) is 10.9. The molecule has 2 aromatic carbocycles. The van der Waals surface area contributed by atoms with Crippen LogP contribution < -0.4 is 10.2 Å². The van der Waals surface area contributed by atoms with E-state index in [-0.39, 0.29) is 23.6 Å². The number of benzene rings is 2. The highest BCUT2D eigenvalue weighted by molar-refractivity contribution is 6.30. The molecule has 186 valence electrons. The summed E-state index contributed by atoms with van der Waals surface area (Å²) in [6.45, 7) is 2.39. The SMILES string of the molecule is Cc1ccccc1C(=O)Nc1ccc(C(=O)N2CCCC(CC(=O)N(C)C)c3cc(Cl)ccc32)cn1. The van der Waals surface area contributed by atoms with E-state index >= 15 is 0 Å². The molecular weight excluding hydrogens is 476 g/mol. The van der Waals surface area contributed by atoms with Gasteiger partial charge in [0.25, 0.3) is 11.8 Å². The number of halogens is 1. The highest BCUT2D eigenvalue weighted by atomic mass is 35.5. The lowest BCUT2D eigenvalue weighted by molar-refractivity contribution is -0.129. The Morgan fingerprint density at radius 3 is 2.58 bits per heavy atom. The van der Waals surface area contributed by atoms with Crippen LogP contribution in [0.3, 0.4) is 0 Å². The molecule has 3 aromatic rings. The van der Waals surface area contributed by atoms with Crippen LogP contribution in [-0.2, 0) is 4.79 Å². The standard InChI is InChI=1S/C28H29ClN4O3/c1-18-7-4-5-9-22(18)27(35)31-25-13-10-20(17-30-25)28(36)33-14-6-8-19(15-26(34)32(2)3)23-16-21(29)11-12-24(23)33/h4-5,7,9-13,16-17,19H,6,8,14-15H2,1-3H3,(H,30,31,35). The molecule has 4 rings (SSSR count). The summed E-state index contributed by atoms with van der Waals surface area (Å²) in [7, 11) is 3.49. The Labute approximate surface area is 216 Å². The van der Waals surface area contributed by atoms with Crippen molar-refractivity contribution in [2.75, 3.05) is 30.9 Å². The third-order valence-electron chi connectivity index (χ3n) is 6.46. The van der Waals surface area contributed by atoms with Crippen molar-refractivity contribution in [2.24, 2.45) is 0 Å². The summed E-state index contributed by atoms with van der Waals surface area (Å²) in [4.78, 5) is 46.2. The third kappa shape index (κ3) is 5.57. The van der Waals surface area contributed by atoms with E-state index in [1.807, 2.05) is 37.3 Å². The first-order valence-corrected chi connectivity index (χ1v) is 12.3. The zero-order chi connectivity index (χ0) is 25.8. The number of aromatic nitrogens is 1. The number of nitrogens with zero attached hydrogens (tertiary/aromatic N) is 3. The molecule has 1 unspecified atom stereocenters. The van der Waals surface area contributed by atoms with Gasteiger partial charge in [-0.2, -0.15) is 0 Å². The first-order chi connectivity index (χ1) is 17.2. The average molecular weight is 505 g/mol. The molecule has 0 saturated carbocycles. The van der Waals surface area contributed by atoms with Crippen molar-refractivity contribution in [3.63, 3.8) is 0 Å². The molecule has 1 aliphatic heterocycles. The van der Waals surface area contributed by atoms with Crippen LogP contribution in [0.15, 0.2) is 60.8 Å². The largest absolute Gasteiger partial charge is 0.349 e. The zero-order valence-corrected chi connectivity index (χ0v) is 21.4. The van der Waals surface area contributed by atoms with Gasteiger partial charge in [-0.25, -0.2) is 4.98 Å². The molecule has 1 atom stereocenters. The predicted octanol–water partition coefficient (Wildman–Crippen LogP) is 5.30. The van der Waals surface area contributed by atoms with Crippen LogP contribution in [0.4, 0.5) is 11.5 Å². The Hall–Kier alpha value is -3.71. The van der Waals surface area contributed by atoms with Crippen molar-refractivity contribution >= 4 is 40.8 Å². The lowest BCUT2D eigenvalue weighted by Crippen LogP contribution is -2.32. The minimum absolute atomic E-state index is 0.0245. The topological polar surface area (TPSA) is 82.6 Å². The summed E-state index contributed by atoms with van der Waals surface area (Å²) in [5.74, 6) is -0.0642.